The molecule has 1 heteroatoms. The van der Waals surface area contributed by atoms with E-state index in [0.717, 1.165) is 0 Å². The van der Waals surface area contributed by atoms with Crippen LogP contribution in [0.5, 0.6) is 0 Å². The number of alkyl halides is 1. The maximum absolute atomic E-state index is 6.06. The van der Waals surface area contributed by atoms with Crippen LogP contribution in [-0.2, 0) is 0 Å². The minimum Gasteiger partial charge on any atom is -0.114 e. The second-order valence-corrected chi connectivity index (χ2v) is 3.75. The second-order valence-electron chi connectivity index (χ2n) is 3.28. The lowest BCUT2D eigenvalue weighted by Crippen LogP contribution is -1.88. The standard InChI is InChI=1S/C12H11Cl/c1-9-7-11(8-12(9)13)10-5-3-2-4-6-10/h2-8,12H,1H3. The van der Waals surface area contributed by atoms with E-state index in [1.54, 1.807) is 0 Å². The van der Waals surface area contributed by atoms with E-state index in [0.29, 0.717) is 0 Å². The first kappa shape index (κ1) is 8.58. The molecule has 0 aliphatic heterocycles. The lowest BCUT2D eigenvalue weighted by atomic mass is 10.1. The van der Waals surface area contributed by atoms with E-state index in [9.17, 15) is 0 Å². The molecule has 0 bridgehead atoms. The number of rotatable bonds is 1. The Hall–Kier alpha value is -1.01. The van der Waals surface area contributed by atoms with Crippen LogP contribution in [-0.4, -0.2) is 5.38 Å². The van der Waals surface area contributed by atoms with Crippen molar-refractivity contribution in [3.63, 3.8) is 0 Å². The lowest BCUT2D eigenvalue weighted by Gasteiger charge is -1.97. The zero-order chi connectivity index (χ0) is 9.26. The van der Waals surface area contributed by atoms with Crippen molar-refractivity contribution in [1.29, 1.82) is 0 Å². The summed E-state index contributed by atoms with van der Waals surface area (Å²) >= 11 is 6.06. The van der Waals surface area contributed by atoms with Crippen LogP contribution in [0.25, 0.3) is 5.57 Å². The Bertz CT molecular complexity index is 360. The fourth-order valence-electron chi connectivity index (χ4n) is 1.47. The second kappa shape index (κ2) is 3.39. The molecule has 1 aromatic carbocycles. The van der Waals surface area contributed by atoms with Crippen LogP contribution in [0.1, 0.15) is 12.5 Å². The molecule has 1 aliphatic rings. The molecule has 0 spiro atoms. The quantitative estimate of drug-likeness (QED) is 0.594. The molecule has 0 aromatic heterocycles. The Morgan fingerprint density at radius 3 is 2.38 bits per heavy atom. The van der Waals surface area contributed by atoms with Crippen molar-refractivity contribution < 1.29 is 0 Å². The summed E-state index contributed by atoms with van der Waals surface area (Å²) in [5.41, 5.74) is 3.70. The smallest absolute Gasteiger partial charge is 0.0735 e. The maximum Gasteiger partial charge on any atom is 0.0735 e. The molecule has 0 saturated carbocycles. The third-order valence-corrected chi connectivity index (χ3v) is 2.72. The molecular formula is C12H11Cl. The molecule has 1 aromatic rings. The van der Waals surface area contributed by atoms with E-state index in [1.807, 2.05) is 18.2 Å². The summed E-state index contributed by atoms with van der Waals surface area (Å²) in [4.78, 5) is 0. The van der Waals surface area contributed by atoms with Crippen molar-refractivity contribution in [1.82, 2.24) is 0 Å². The molecule has 0 amide bonds. The lowest BCUT2D eigenvalue weighted by molar-refractivity contribution is 1.26. The van der Waals surface area contributed by atoms with Crippen molar-refractivity contribution >= 4 is 17.2 Å². The Morgan fingerprint density at radius 2 is 1.85 bits per heavy atom. The van der Waals surface area contributed by atoms with E-state index >= 15 is 0 Å². The van der Waals surface area contributed by atoms with Gasteiger partial charge in [0.15, 0.2) is 0 Å². The van der Waals surface area contributed by atoms with Gasteiger partial charge in [-0.3, -0.25) is 0 Å². The van der Waals surface area contributed by atoms with Crippen molar-refractivity contribution in [2.24, 2.45) is 0 Å². The minimum atomic E-state index is 0.0789. The average molecular weight is 191 g/mol. The van der Waals surface area contributed by atoms with Gasteiger partial charge in [-0.2, -0.15) is 0 Å². The zero-order valence-corrected chi connectivity index (χ0v) is 8.25. The molecule has 1 aliphatic carbocycles. The molecule has 0 heterocycles. The van der Waals surface area contributed by atoms with Crippen LogP contribution in [0, 0.1) is 0 Å². The highest BCUT2D eigenvalue weighted by molar-refractivity contribution is 6.25. The number of hydrogen-bond donors (Lipinski definition) is 0. The van der Waals surface area contributed by atoms with Gasteiger partial charge in [-0.25, -0.2) is 0 Å². The van der Waals surface area contributed by atoms with Crippen molar-refractivity contribution in [2.45, 2.75) is 12.3 Å². The van der Waals surface area contributed by atoms with Gasteiger partial charge in [0.05, 0.1) is 5.38 Å². The van der Waals surface area contributed by atoms with Crippen LogP contribution in [0.15, 0.2) is 48.1 Å². The third kappa shape index (κ3) is 1.68. The highest BCUT2D eigenvalue weighted by Crippen LogP contribution is 2.28. The van der Waals surface area contributed by atoms with E-state index in [2.05, 4.69) is 31.2 Å². The fourth-order valence-corrected chi connectivity index (χ4v) is 1.67. The van der Waals surface area contributed by atoms with Crippen LogP contribution in [0.4, 0.5) is 0 Å². The molecule has 0 fully saturated rings. The Balaban J connectivity index is 2.35. The minimum absolute atomic E-state index is 0.0789. The zero-order valence-electron chi connectivity index (χ0n) is 7.50. The van der Waals surface area contributed by atoms with Crippen molar-refractivity contribution in [3.05, 3.63) is 53.6 Å². The van der Waals surface area contributed by atoms with Gasteiger partial charge < -0.3 is 0 Å². The summed E-state index contributed by atoms with van der Waals surface area (Å²) in [6.07, 6.45) is 4.24. The number of allylic oxidation sites excluding steroid dienone is 4. The molecular weight excluding hydrogens is 180 g/mol. The summed E-state index contributed by atoms with van der Waals surface area (Å²) in [6, 6.07) is 10.3. The molecule has 1 atom stereocenters. The van der Waals surface area contributed by atoms with Gasteiger partial charge in [-0.15, -0.1) is 11.6 Å². The number of benzene rings is 1. The van der Waals surface area contributed by atoms with Gasteiger partial charge in [0.1, 0.15) is 0 Å². The van der Waals surface area contributed by atoms with Gasteiger partial charge >= 0.3 is 0 Å². The SMILES string of the molecule is CC1=CC(c2ccccc2)=CC1Cl. The number of hydrogen-bond acceptors (Lipinski definition) is 0. The summed E-state index contributed by atoms with van der Waals surface area (Å²) in [7, 11) is 0. The molecule has 66 valence electrons. The van der Waals surface area contributed by atoms with Crippen LogP contribution in [0.3, 0.4) is 0 Å². The predicted octanol–water partition coefficient (Wildman–Crippen LogP) is 3.64. The summed E-state index contributed by atoms with van der Waals surface area (Å²) < 4.78 is 0. The first-order valence-corrected chi connectivity index (χ1v) is 4.80. The summed E-state index contributed by atoms with van der Waals surface area (Å²) in [5.74, 6) is 0. The van der Waals surface area contributed by atoms with E-state index < -0.39 is 0 Å². The average Bonchev–Trinajstić information content (AvgIpc) is 2.49. The highest BCUT2D eigenvalue weighted by atomic mass is 35.5. The van der Waals surface area contributed by atoms with Gasteiger partial charge in [-0.1, -0.05) is 48.1 Å². The van der Waals surface area contributed by atoms with Crippen LogP contribution in [0.2, 0.25) is 0 Å². The van der Waals surface area contributed by atoms with Gasteiger partial charge in [-0.05, 0) is 18.1 Å². The summed E-state index contributed by atoms with van der Waals surface area (Å²) in [5, 5.41) is 0.0789. The first-order valence-electron chi connectivity index (χ1n) is 4.37. The molecule has 0 saturated heterocycles. The monoisotopic (exact) mass is 190 g/mol. The molecule has 0 N–H and O–H groups in total. The first-order chi connectivity index (χ1) is 6.27. The van der Waals surface area contributed by atoms with E-state index in [-0.39, 0.29) is 5.38 Å². The molecule has 13 heavy (non-hydrogen) atoms. The van der Waals surface area contributed by atoms with E-state index in [4.69, 9.17) is 11.6 Å². The van der Waals surface area contributed by atoms with Gasteiger partial charge in [0.2, 0.25) is 0 Å². The maximum atomic E-state index is 6.06. The molecule has 1 unspecified atom stereocenters. The van der Waals surface area contributed by atoms with Crippen LogP contribution < -0.4 is 0 Å². The summed E-state index contributed by atoms with van der Waals surface area (Å²) in [6.45, 7) is 2.06. The van der Waals surface area contributed by atoms with Crippen molar-refractivity contribution in [2.75, 3.05) is 0 Å². The predicted molar refractivity (Wildman–Crippen MR) is 57.8 cm³/mol. The Morgan fingerprint density at radius 1 is 1.15 bits per heavy atom. The van der Waals surface area contributed by atoms with E-state index in [1.165, 1.54) is 16.7 Å². The molecule has 0 nitrogen and oxygen atoms in total. The Kier molecular flexibility index (Phi) is 2.24. The molecule has 0 radical (unpaired) electrons. The van der Waals surface area contributed by atoms with Gasteiger partial charge in [0.25, 0.3) is 0 Å². The molecule has 2 rings (SSSR count). The van der Waals surface area contributed by atoms with Crippen LogP contribution >= 0.6 is 11.6 Å². The fraction of sp³-hybridized carbons (Fsp3) is 0.167. The Labute approximate surface area is 83.5 Å². The number of halogens is 1. The normalized spacial score (nSPS) is 21.2. The van der Waals surface area contributed by atoms with Gasteiger partial charge in [0, 0.05) is 0 Å². The third-order valence-electron chi connectivity index (χ3n) is 2.25. The van der Waals surface area contributed by atoms with Crippen molar-refractivity contribution in [3.8, 4) is 0 Å². The highest BCUT2D eigenvalue weighted by Gasteiger charge is 2.12. The topological polar surface area (TPSA) is 0 Å². The largest absolute Gasteiger partial charge is 0.114 e.